The average molecular weight is 502 g/mol. The van der Waals surface area contributed by atoms with Gasteiger partial charge in [-0.2, -0.15) is 13.6 Å². The van der Waals surface area contributed by atoms with E-state index in [-0.39, 0.29) is 23.7 Å². The standard InChI is InChI=1S/C29H43NO4S/c1-16(2)21-14-24(19(7)8)27(25(15-21)20(9)10)28(29(31)34-35(30,32)33)26-22(17(3)4)12-11-13-23(26)18(5)6/h11-20,28H,1-10H3,(H2,30,32,33). The summed E-state index contributed by atoms with van der Waals surface area (Å²) in [5, 5.41) is 5.21. The van der Waals surface area contributed by atoms with Crippen molar-refractivity contribution in [1.82, 2.24) is 0 Å². The summed E-state index contributed by atoms with van der Waals surface area (Å²) in [6, 6.07) is 10.4. The fourth-order valence-electron chi connectivity index (χ4n) is 4.83. The largest absolute Gasteiger partial charge is 0.382 e. The molecule has 1 atom stereocenters. The van der Waals surface area contributed by atoms with Crippen LogP contribution in [-0.4, -0.2) is 14.4 Å². The number of nitrogens with two attached hydrogens (primary N) is 1. The smallest absolute Gasteiger partial charge is 0.333 e. The molecule has 2 aromatic rings. The molecule has 5 nitrogen and oxygen atoms in total. The fraction of sp³-hybridized carbons (Fsp3) is 0.552. The molecule has 2 aromatic carbocycles. The SMILES string of the molecule is CC(C)c1cc(C(C)C)c(C(C(=O)OS(N)(=O)=O)c2c(C(C)C)cccc2C(C)C)c(C(C)C)c1. The second-order valence-corrected chi connectivity index (χ2v) is 12.2. The van der Waals surface area contributed by atoms with E-state index in [0.717, 1.165) is 33.4 Å². The highest BCUT2D eigenvalue weighted by molar-refractivity contribution is 7.84. The summed E-state index contributed by atoms with van der Waals surface area (Å²) in [4.78, 5) is 13.8. The highest BCUT2D eigenvalue weighted by Gasteiger charge is 2.36. The van der Waals surface area contributed by atoms with Crippen molar-refractivity contribution in [3.05, 3.63) is 69.3 Å². The summed E-state index contributed by atoms with van der Waals surface area (Å²) in [7, 11) is -4.49. The maximum Gasteiger partial charge on any atom is 0.382 e. The zero-order chi connectivity index (χ0) is 26.8. The molecule has 1 unspecified atom stereocenters. The van der Waals surface area contributed by atoms with Crippen LogP contribution in [0.2, 0.25) is 0 Å². The first-order chi connectivity index (χ1) is 16.1. The van der Waals surface area contributed by atoms with Crippen LogP contribution in [0.15, 0.2) is 30.3 Å². The van der Waals surface area contributed by atoms with Crippen LogP contribution in [-0.2, 0) is 19.3 Å². The highest BCUT2D eigenvalue weighted by atomic mass is 32.2. The lowest BCUT2D eigenvalue weighted by Gasteiger charge is -2.31. The average Bonchev–Trinajstić information content (AvgIpc) is 2.71. The Bertz CT molecular complexity index is 1110. The first-order valence-corrected chi connectivity index (χ1v) is 14.1. The molecule has 194 valence electrons. The summed E-state index contributed by atoms with van der Waals surface area (Å²) in [6.45, 7) is 21.1. The third-order valence-electron chi connectivity index (χ3n) is 6.61. The van der Waals surface area contributed by atoms with Crippen molar-refractivity contribution in [2.45, 2.75) is 105 Å². The number of carbonyl (C=O) groups is 1. The van der Waals surface area contributed by atoms with E-state index < -0.39 is 22.2 Å². The molecule has 0 aromatic heterocycles. The second-order valence-electron chi connectivity index (χ2n) is 11.1. The van der Waals surface area contributed by atoms with Gasteiger partial charge in [0.05, 0.1) is 0 Å². The van der Waals surface area contributed by atoms with Crippen molar-refractivity contribution >= 4 is 16.3 Å². The van der Waals surface area contributed by atoms with Gasteiger partial charge in [0.2, 0.25) is 0 Å². The number of hydrogen-bond donors (Lipinski definition) is 1. The third kappa shape index (κ3) is 6.73. The van der Waals surface area contributed by atoms with Crippen LogP contribution in [0.5, 0.6) is 0 Å². The van der Waals surface area contributed by atoms with Crippen molar-refractivity contribution in [2.24, 2.45) is 5.14 Å². The highest BCUT2D eigenvalue weighted by Crippen LogP contribution is 2.44. The number of rotatable bonds is 9. The minimum atomic E-state index is -4.49. The maximum atomic E-state index is 13.8. The molecule has 0 saturated carbocycles. The van der Waals surface area contributed by atoms with Gasteiger partial charge in [0, 0.05) is 0 Å². The van der Waals surface area contributed by atoms with E-state index in [1.165, 1.54) is 5.56 Å². The monoisotopic (exact) mass is 501 g/mol. The molecule has 0 bridgehead atoms. The molecule has 0 heterocycles. The van der Waals surface area contributed by atoms with E-state index in [9.17, 15) is 13.2 Å². The Labute approximate surface area is 212 Å². The van der Waals surface area contributed by atoms with Gasteiger partial charge in [-0.15, -0.1) is 0 Å². The van der Waals surface area contributed by atoms with E-state index in [4.69, 9.17) is 9.32 Å². The summed E-state index contributed by atoms with van der Waals surface area (Å²) >= 11 is 0. The van der Waals surface area contributed by atoms with Crippen LogP contribution < -0.4 is 5.14 Å². The van der Waals surface area contributed by atoms with Gasteiger partial charge in [0.15, 0.2) is 0 Å². The minimum absolute atomic E-state index is 0.111. The molecule has 0 spiro atoms. The van der Waals surface area contributed by atoms with Gasteiger partial charge in [-0.1, -0.05) is 99.6 Å². The zero-order valence-electron chi connectivity index (χ0n) is 23.0. The zero-order valence-corrected chi connectivity index (χ0v) is 23.8. The first kappa shape index (κ1) is 29.1. The Balaban J connectivity index is 3.14. The molecule has 0 amide bonds. The number of benzene rings is 2. The van der Waals surface area contributed by atoms with Crippen LogP contribution in [0.1, 0.15) is 144 Å². The van der Waals surface area contributed by atoms with Gasteiger partial charge in [-0.3, -0.25) is 0 Å². The summed E-state index contributed by atoms with van der Waals surface area (Å²) in [6.07, 6.45) is 0. The van der Waals surface area contributed by atoms with Crippen molar-refractivity contribution in [3.8, 4) is 0 Å². The molecule has 35 heavy (non-hydrogen) atoms. The Morgan fingerprint density at radius 1 is 0.686 bits per heavy atom. The van der Waals surface area contributed by atoms with E-state index in [1.807, 2.05) is 18.2 Å². The number of hydrogen-bond acceptors (Lipinski definition) is 4. The molecule has 0 aliphatic rings. The molecular weight excluding hydrogens is 458 g/mol. The van der Waals surface area contributed by atoms with Gasteiger partial charge in [-0.25, -0.2) is 4.79 Å². The predicted molar refractivity (Wildman–Crippen MR) is 144 cm³/mol. The van der Waals surface area contributed by atoms with Crippen LogP contribution in [0, 0.1) is 0 Å². The maximum absolute atomic E-state index is 13.8. The summed E-state index contributed by atoms with van der Waals surface area (Å²) in [5.41, 5.74) is 6.93. The molecule has 6 heteroatoms. The van der Waals surface area contributed by atoms with E-state index in [2.05, 4.69) is 81.4 Å². The molecule has 0 saturated heterocycles. The lowest BCUT2D eigenvalue weighted by molar-refractivity contribution is -0.134. The molecule has 2 N–H and O–H groups in total. The minimum Gasteiger partial charge on any atom is -0.333 e. The van der Waals surface area contributed by atoms with Crippen LogP contribution in [0.25, 0.3) is 0 Å². The Hall–Kier alpha value is -2.18. The normalized spacial score (nSPS) is 13.4. The van der Waals surface area contributed by atoms with Gasteiger partial charge in [0.25, 0.3) is 0 Å². The predicted octanol–water partition coefficient (Wildman–Crippen LogP) is 7.18. The quantitative estimate of drug-likeness (QED) is 0.394. The first-order valence-electron chi connectivity index (χ1n) is 12.6. The van der Waals surface area contributed by atoms with E-state index in [1.54, 1.807) is 0 Å². The number of carbonyl (C=O) groups excluding carboxylic acids is 1. The Morgan fingerprint density at radius 2 is 1.06 bits per heavy atom. The van der Waals surface area contributed by atoms with Gasteiger partial charge >= 0.3 is 16.3 Å². The Kier molecular flexibility index (Phi) is 9.34. The summed E-state index contributed by atoms with van der Waals surface area (Å²) in [5.74, 6) is -1.01. The molecule has 0 fully saturated rings. The van der Waals surface area contributed by atoms with Gasteiger partial charge in [-0.05, 0) is 68.5 Å². The van der Waals surface area contributed by atoms with E-state index in [0.29, 0.717) is 5.92 Å². The third-order valence-corrected chi connectivity index (χ3v) is 7.00. The van der Waals surface area contributed by atoms with Crippen molar-refractivity contribution in [2.75, 3.05) is 0 Å². The topological polar surface area (TPSA) is 86.5 Å². The van der Waals surface area contributed by atoms with Crippen LogP contribution >= 0.6 is 0 Å². The summed E-state index contributed by atoms with van der Waals surface area (Å²) < 4.78 is 28.9. The molecule has 0 radical (unpaired) electrons. The van der Waals surface area contributed by atoms with Crippen molar-refractivity contribution in [3.63, 3.8) is 0 Å². The lowest BCUT2D eigenvalue weighted by Crippen LogP contribution is -2.29. The lowest BCUT2D eigenvalue weighted by atomic mass is 9.73. The molecular formula is C29H43NO4S. The van der Waals surface area contributed by atoms with Crippen molar-refractivity contribution in [1.29, 1.82) is 0 Å². The molecule has 2 rings (SSSR count). The van der Waals surface area contributed by atoms with Crippen molar-refractivity contribution < 1.29 is 17.4 Å². The van der Waals surface area contributed by atoms with Crippen LogP contribution in [0.4, 0.5) is 0 Å². The van der Waals surface area contributed by atoms with Crippen LogP contribution in [0.3, 0.4) is 0 Å². The second kappa shape index (κ2) is 11.3. The molecule has 0 aliphatic carbocycles. The van der Waals surface area contributed by atoms with Gasteiger partial charge < -0.3 is 4.18 Å². The van der Waals surface area contributed by atoms with E-state index >= 15 is 0 Å². The van der Waals surface area contributed by atoms with Gasteiger partial charge in [0.1, 0.15) is 5.92 Å². The molecule has 0 aliphatic heterocycles. The fourth-order valence-corrected chi connectivity index (χ4v) is 5.15. The Morgan fingerprint density at radius 3 is 1.37 bits per heavy atom.